The molecule has 0 radical (unpaired) electrons. The largest absolute Gasteiger partial charge is 0.289 e. The van der Waals surface area contributed by atoms with Crippen LogP contribution >= 0.6 is 0 Å². The highest BCUT2D eigenvalue weighted by Gasteiger charge is 2.15. The van der Waals surface area contributed by atoms with Gasteiger partial charge in [-0.15, -0.1) is 5.10 Å². The number of hydrogen-bond acceptors (Lipinski definition) is 5. The minimum absolute atomic E-state index is 0.0752. The lowest BCUT2D eigenvalue weighted by atomic mass is 10.2. The van der Waals surface area contributed by atoms with Crippen LogP contribution in [0.2, 0.25) is 0 Å². The van der Waals surface area contributed by atoms with Gasteiger partial charge in [0.05, 0.1) is 10.5 Å². The van der Waals surface area contributed by atoms with Crippen LogP contribution in [0.15, 0.2) is 42.6 Å². The Morgan fingerprint density at radius 3 is 2.77 bits per heavy atom. The molecule has 22 heavy (non-hydrogen) atoms. The fraction of sp³-hybridized carbons (Fsp3) is 0. The highest BCUT2D eigenvalue weighted by molar-refractivity contribution is 6.03. The SMILES string of the molecule is O=C(Nc1nc2ccc([N+](=O)[O-])cn2n1)c1ccccc1F. The highest BCUT2D eigenvalue weighted by Crippen LogP contribution is 2.14. The van der Waals surface area contributed by atoms with Crippen LogP contribution in [-0.4, -0.2) is 25.4 Å². The summed E-state index contributed by atoms with van der Waals surface area (Å²) in [5.41, 5.74) is 0.00570. The number of aromatic nitrogens is 3. The van der Waals surface area contributed by atoms with Gasteiger partial charge in [-0.2, -0.15) is 4.98 Å². The van der Waals surface area contributed by atoms with Crippen LogP contribution in [-0.2, 0) is 0 Å². The lowest BCUT2D eigenvalue weighted by molar-refractivity contribution is -0.385. The average Bonchev–Trinajstić information content (AvgIpc) is 2.88. The molecule has 0 aliphatic rings. The number of hydrogen-bond donors (Lipinski definition) is 1. The number of nitro groups is 1. The van der Waals surface area contributed by atoms with Crippen molar-refractivity contribution in [3.05, 3.63) is 64.1 Å². The molecule has 1 aromatic carbocycles. The molecule has 8 nitrogen and oxygen atoms in total. The Bertz CT molecular complexity index is 892. The van der Waals surface area contributed by atoms with E-state index in [0.717, 1.165) is 10.6 Å². The molecule has 1 N–H and O–H groups in total. The Balaban J connectivity index is 1.89. The predicted molar refractivity (Wildman–Crippen MR) is 74.0 cm³/mol. The Hall–Kier alpha value is -3.36. The molecule has 110 valence electrons. The van der Waals surface area contributed by atoms with E-state index in [4.69, 9.17) is 0 Å². The average molecular weight is 301 g/mol. The zero-order valence-electron chi connectivity index (χ0n) is 10.9. The normalized spacial score (nSPS) is 10.6. The second kappa shape index (κ2) is 5.20. The minimum atomic E-state index is -0.705. The van der Waals surface area contributed by atoms with Crippen LogP contribution < -0.4 is 5.32 Å². The molecule has 1 amide bonds. The predicted octanol–water partition coefficient (Wildman–Crippen LogP) is 2.03. The molecule has 0 aliphatic carbocycles. The molecular formula is C13H8FN5O3. The number of amides is 1. The molecule has 0 spiro atoms. The third kappa shape index (κ3) is 2.46. The third-order valence-electron chi connectivity index (χ3n) is 2.87. The van der Waals surface area contributed by atoms with Gasteiger partial charge in [-0.1, -0.05) is 12.1 Å². The molecule has 3 aromatic rings. The smallest absolute Gasteiger partial charge is 0.287 e. The summed E-state index contributed by atoms with van der Waals surface area (Å²) in [7, 11) is 0. The first-order valence-electron chi connectivity index (χ1n) is 6.11. The van der Waals surface area contributed by atoms with Gasteiger partial charge in [0.25, 0.3) is 11.6 Å². The molecule has 0 fully saturated rings. The molecule has 0 atom stereocenters. The first-order valence-corrected chi connectivity index (χ1v) is 6.11. The molecule has 2 heterocycles. The lowest BCUT2D eigenvalue weighted by Crippen LogP contribution is -2.14. The number of rotatable bonds is 3. The Morgan fingerprint density at radius 1 is 1.27 bits per heavy atom. The van der Waals surface area contributed by atoms with Crippen LogP contribution in [0.25, 0.3) is 5.65 Å². The molecule has 0 aliphatic heterocycles. The van der Waals surface area contributed by atoms with E-state index >= 15 is 0 Å². The van der Waals surface area contributed by atoms with Crippen molar-refractivity contribution in [3.8, 4) is 0 Å². The quantitative estimate of drug-likeness (QED) is 0.589. The van der Waals surface area contributed by atoms with Gasteiger partial charge in [-0.25, -0.2) is 8.91 Å². The summed E-state index contributed by atoms with van der Waals surface area (Å²) in [5.74, 6) is -1.45. The summed E-state index contributed by atoms with van der Waals surface area (Å²) in [6, 6.07) is 8.14. The Morgan fingerprint density at radius 2 is 2.05 bits per heavy atom. The van der Waals surface area contributed by atoms with Gasteiger partial charge in [0.2, 0.25) is 5.95 Å². The van der Waals surface area contributed by atoms with Gasteiger partial charge >= 0.3 is 0 Å². The van der Waals surface area contributed by atoms with Crippen molar-refractivity contribution in [2.75, 3.05) is 5.32 Å². The summed E-state index contributed by atoms with van der Waals surface area (Å²) in [6.07, 6.45) is 1.17. The molecule has 0 saturated carbocycles. The number of fused-ring (bicyclic) bond motifs is 1. The molecule has 0 saturated heterocycles. The minimum Gasteiger partial charge on any atom is -0.289 e. The molecule has 9 heteroatoms. The second-order valence-electron chi connectivity index (χ2n) is 4.32. The van der Waals surface area contributed by atoms with Crippen LogP contribution in [0.4, 0.5) is 16.0 Å². The van der Waals surface area contributed by atoms with Gasteiger partial charge in [-0.05, 0) is 18.2 Å². The van der Waals surface area contributed by atoms with E-state index in [-0.39, 0.29) is 17.2 Å². The molecular weight excluding hydrogens is 293 g/mol. The number of halogens is 1. The summed E-state index contributed by atoms with van der Waals surface area (Å²) in [4.78, 5) is 26.0. The van der Waals surface area contributed by atoms with Crippen LogP contribution in [0.3, 0.4) is 0 Å². The van der Waals surface area contributed by atoms with Crippen LogP contribution in [0, 0.1) is 15.9 Å². The van der Waals surface area contributed by atoms with E-state index < -0.39 is 16.6 Å². The number of pyridine rings is 1. The summed E-state index contributed by atoms with van der Waals surface area (Å²) in [6.45, 7) is 0. The molecule has 2 aromatic heterocycles. The highest BCUT2D eigenvalue weighted by atomic mass is 19.1. The second-order valence-corrected chi connectivity index (χ2v) is 4.32. The van der Waals surface area contributed by atoms with E-state index in [1.54, 1.807) is 0 Å². The van der Waals surface area contributed by atoms with Crippen molar-refractivity contribution in [3.63, 3.8) is 0 Å². The van der Waals surface area contributed by atoms with E-state index in [1.165, 1.54) is 36.5 Å². The fourth-order valence-electron chi connectivity index (χ4n) is 1.85. The van der Waals surface area contributed by atoms with E-state index in [9.17, 15) is 19.3 Å². The number of nitrogens with zero attached hydrogens (tertiary/aromatic N) is 4. The van der Waals surface area contributed by atoms with Gasteiger partial charge in [0.1, 0.15) is 12.0 Å². The van der Waals surface area contributed by atoms with E-state index in [2.05, 4.69) is 15.4 Å². The fourth-order valence-corrected chi connectivity index (χ4v) is 1.85. The molecule has 0 unspecified atom stereocenters. The maximum absolute atomic E-state index is 13.5. The van der Waals surface area contributed by atoms with Gasteiger partial charge in [-0.3, -0.25) is 20.2 Å². The number of carbonyl (C=O) groups is 1. The Labute approximate surface area is 122 Å². The van der Waals surface area contributed by atoms with Gasteiger partial charge < -0.3 is 0 Å². The lowest BCUT2D eigenvalue weighted by Gasteiger charge is -2.01. The first kappa shape index (κ1) is 13.6. The van der Waals surface area contributed by atoms with Crippen molar-refractivity contribution < 1.29 is 14.1 Å². The zero-order valence-corrected chi connectivity index (χ0v) is 10.9. The number of anilines is 1. The monoisotopic (exact) mass is 301 g/mol. The third-order valence-corrected chi connectivity index (χ3v) is 2.87. The number of nitrogens with one attached hydrogen (secondary N) is 1. The van der Waals surface area contributed by atoms with Crippen LogP contribution in [0.1, 0.15) is 10.4 Å². The Kier molecular flexibility index (Phi) is 3.22. The van der Waals surface area contributed by atoms with Crippen molar-refractivity contribution in [1.82, 2.24) is 14.6 Å². The standard InChI is InChI=1S/C13H8FN5O3/c14-10-4-2-1-3-9(10)12(20)16-13-15-11-6-5-8(19(21)22)7-18(11)17-13/h1-7H,(H,16,17,20). The zero-order chi connectivity index (χ0) is 15.7. The van der Waals surface area contributed by atoms with E-state index in [0.29, 0.717) is 5.65 Å². The maximum atomic E-state index is 13.5. The first-order chi connectivity index (χ1) is 10.5. The summed E-state index contributed by atoms with van der Waals surface area (Å²) >= 11 is 0. The summed E-state index contributed by atoms with van der Waals surface area (Å²) in [5, 5.41) is 16.9. The maximum Gasteiger partial charge on any atom is 0.287 e. The van der Waals surface area contributed by atoms with Gasteiger partial charge in [0.15, 0.2) is 5.65 Å². The summed E-state index contributed by atoms with van der Waals surface area (Å²) < 4.78 is 14.7. The molecule has 0 bridgehead atoms. The van der Waals surface area contributed by atoms with Gasteiger partial charge in [0, 0.05) is 6.07 Å². The topological polar surface area (TPSA) is 102 Å². The number of carbonyl (C=O) groups excluding carboxylic acids is 1. The van der Waals surface area contributed by atoms with Crippen molar-refractivity contribution in [2.45, 2.75) is 0 Å². The van der Waals surface area contributed by atoms with E-state index in [1.807, 2.05) is 0 Å². The van der Waals surface area contributed by atoms with Crippen molar-refractivity contribution in [1.29, 1.82) is 0 Å². The van der Waals surface area contributed by atoms with Crippen molar-refractivity contribution in [2.24, 2.45) is 0 Å². The number of benzene rings is 1. The van der Waals surface area contributed by atoms with Crippen LogP contribution in [0.5, 0.6) is 0 Å². The van der Waals surface area contributed by atoms with Crippen molar-refractivity contribution >= 4 is 23.2 Å². The molecule has 3 rings (SSSR count).